The number of anilines is 1. The first-order valence-corrected chi connectivity index (χ1v) is 14.4. The molecule has 1 unspecified atom stereocenters. The molecule has 1 N–H and O–H groups in total. The van der Waals surface area contributed by atoms with Gasteiger partial charge in [0.05, 0.1) is 11.6 Å². The van der Waals surface area contributed by atoms with Gasteiger partial charge in [-0.2, -0.15) is 4.98 Å². The third-order valence-electron chi connectivity index (χ3n) is 6.32. The Kier molecular flexibility index (Phi) is 8.30. The van der Waals surface area contributed by atoms with E-state index in [4.69, 9.17) is 31.2 Å². The first-order chi connectivity index (χ1) is 18.9. The van der Waals surface area contributed by atoms with Crippen LogP contribution in [0.25, 0.3) is 0 Å². The molecule has 0 saturated carbocycles. The van der Waals surface area contributed by atoms with Crippen molar-refractivity contribution in [3.8, 4) is 11.5 Å². The van der Waals surface area contributed by atoms with Gasteiger partial charge in [0.2, 0.25) is 11.1 Å². The molecule has 3 aromatic carbocycles. The zero-order valence-electron chi connectivity index (χ0n) is 21.6. The van der Waals surface area contributed by atoms with Crippen LogP contribution in [0, 0.1) is 0 Å². The molecule has 2 heterocycles. The summed E-state index contributed by atoms with van der Waals surface area (Å²) >= 11 is 11.5. The van der Waals surface area contributed by atoms with Gasteiger partial charge in [-0.3, -0.25) is 4.79 Å². The Morgan fingerprint density at radius 1 is 1.15 bits per heavy atom. The highest BCUT2D eigenvalue weighted by atomic mass is 79.9. The van der Waals surface area contributed by atoms with Gasteiger partial charge >= 0.3 is 0 Å². The average molecular weight is 626 g/mol. The molecule has 0 bridgehead atoms. The van der Waals surface area contributed by atoms with Crippen LogP contribution in [0.15, 0.2) is 87.6 Å². The molecule has 0 fully saturated rings. The minimum Gasteiger partial charge on any atom is -0.493 e. The number of allylic oxidation sites excluding steroid dienone is 2. The van der Waals surface area contributed by atoms with Crippen molar-refractivity contribution in [2.75, 3.05) is 12.4 Å². The van der Waals surface area contributed by atoms with Gasteiger partial charge in [0.25, 0.3) is 0 Å². The summed E-state index contributed by atoms with van der Waals surface area (Å²) in [7, 11) is 1.60. The van der Waals surface area contributed by atoms with Gasteiger partial charge in [-0.15, -0.1) is 5.10 Å². The van der Waals surface area contributed by atoms with Gasteiger partial charge in [-0.05, 0) is 64.7 Å². The van der Waals surface area contributed by atoms with Crippen molar-refractivity contribution < 1.29 is 14.3 Å². The summed E-state index contributed by atoms with van der Waals surface area (Å²) in [5.41, 5.74) is 4.18. The van der Waals surface area contributed by atoms with Gasteiger partial charge in [-0.1, -0.05) is 71.9 Å². The van der Waals surface area contributed by atoms with Crippen molar-refractivity contribution in [3.05, 3.63) is 104 Å². The molecule has 200 valence electrons. The van der Waals surface area contributed by atoms with Crippen LogP contribution < -0.4 is 14.8 Å². The molecule has 5 rings (SSSR count). The van der Waals surface area contributed by atoms with Gasteiger partial charge in [-0.25, -0.2) is 4.68 Å². The number of carbonyl (C=O) groups is 1. The Balaban J connectivity index is 1.49. The molecule has 0 aliphatic carbocycles. The molecule has 1 aliphatic heterocycles. The molecule has 7 nitrogen and oxygen atoms in total. The number of fused-ring (bicyclic) bond motifs is 1. The van der Waals surface area contributed by atoms with E-state index in [1.807, 2.05) is 73.7 Å². The summed E-state index contributed by atoms with van der Waals surface area (Å²) in [5, 5.41) is 9.33. The van der Waals surface area contributed by atoms with E-state index in [0.717, 1.165) is 22.4 Å². The Labute approximate surface area is 244 Å². The van der Waals surface area contributed by atoms with Crippen molar-refractivity contribution in [1.82, 2.24) is 14.8 Å². The maximum absolute atomic E-state index is 12.9. The molecule has 10 heteroatoms. The minimum absolute atomic E-state index is 0.0593. The lowest BCUT2D eigenvalue weighted by Crippen LogP contribution is -2.28. The number of nitrogens with one attached hydrogen (secondary N) is 1. The average Bonchev–Trinajstić information content (AvgIpc) is 3.33. The summed E-state index contributed by atoms with van der Waals surface area (Å²) in [6.07, 6.45) is 0. The lowest BCUT2D eigenvalue weighted by atomic mass is 9.93. The quantitative estimate of drug-likeness (QED) is 0.194. The van der Waals surface area contributed by atoms with E-state index < -0.39 is 6.04 Å². The van der Waals surface area contributed by atoms with Gasteiger partial charge in [0.15, 0.2) is 17.3 Å². The second-order valence-corrected chi connectivity index (χ2v) is 11.2. The zero-order chi connectivity index (χ0) is 27.5. The maximum atomic E-state index is 12.9. The predicted molar refractivity (Wildman–Crippen MR) is 158 cm³/mol. The Morgan fingerprint density at radius 3 is 2.62 bits per heavy atom. The molecule has 1 aliphatic rings. The van der Waals surface area contributed by atoms with Crippen LogP contribution in [-0.4, -0.2) is 27.7 Å². The molecular weight excluding hydrogens is 600 g/mol. The highest BCUT2D eigenvalue weighted by Crippen LogP contribution is 2.43. The highest BCUT2D eigenvalue weighted by molar-refractivity contribution is 9.10. The van der Waals surface area contributed by atoms with Crippen LogP contribution in [0.1, 0.15) is 36.6 Å². The molecule has 39 heavy (non-hydrogen) atoms. The smallest absolute Gasteiger partial charge is 0.227 e. The summed E-state index contributed by atoms with van der Waals surface area (Å²) < 4.78 is 14.3. The number of ketones is 1. The second kappa shape index (κ2) is 11.9. The van der Waals surface area contributed by atoms with E-state index in [9.17, 15) is 4.79 Å². The number of carbonyl (C=O) groups excluding carboxylic acids is 1. The number of hydrogen-bond acceptors (Lipinski definition) is 7. The first-order valence-electron chi connectivity index (χ1n) is 12.2. The molecule has 1 aromatic heterocycles. The summed E-state index contributed by atoms with van der Waals surface area (Å²) in [6.45, 7) is 3.83. The lowest BCUT2D eigenvalue weighted by Gasteiger charge is -2.28. The molecule has 0 amide bonds. The van der Waals surface area contributed by atoms with Gasteiger partial charge < -0.3 is 14.8 Å². The van der Waals surface area contributed by atoms with E-state index in [-0.39, 0.29) is 5.78 Å². The number of halogens is 2. The second-order valence-electron chi connectivity index (χ2n) is 8.97. The fraction of sp³-hybridized carbons (Fsp3) is 0.207. The molecule has 0 saturated heterocycles. The number of ether oxygens (including phenoxy) is 2. The summed E-state index contributed by atoms with van der Waals surface area (Å²) in [6, 6.07) is 21.0. The third-order valence-corrected chi connectivity index (χ3v) is 8.16. The molecule has 0 spiro atoms. The molecule has 1 atom stereocenters. The summed E-state index contributed by atoms with van der Waals surface area (Å²) in [4.78, 5) is 17.6. The van der Waals surface area contributed by atoms with Crippen molar-refractivity contribution >= 4 is 51.0 Å². The number of nitrogens with zero attached hydrogens (tertiary/aromatic N) is 3. The van der Waals surface area contributed by atoms with Crippen molar-refractivity contribution in [2.24, 2.45) is 0 Å². The van der Waals surface area contributed by atoms with Crippen LogP contribution in [-0.2, 0) is 17.2 Å². The van der Waals surface area contributed by atoms with Gasteiger partial charge in [0.1, 0.15) is 12.6 Å². The number of Topliss-reactive ketones (excluding diaryl/α,β-unsaturated/α-hetero) is 1. The van der Waals surface area contributed by atoms with Crippen LogP contribution in [0.4, 0.5) is 5.95 Å². The lowest BCUT2D eigenvalue weighted by molar-refractivity contribution is -0.114. The van der Waals surface area contributed by atoms with Crippen molar-refractivity contribution in [2.45, 2.75) is 37.4 Å². The SMILES string of the molecule is COc1cc(C2C(C(C)=O)=C(C)Nc3nc(SCc4ccccc4Cl)nn32)cc(Br)c1OCc1ccccc1. The van der Waals surface area contributed by atoms with Crippen LogP contribution in [0.2, 0.25) is 5.02 Å². The molecular formula is C29H26BrClN4O3S. The largest absolute Gasteiger partial charge is 0.493 e. The first kappa shape index (κ1) is 27.3. The fourth-order valence-electron chi connectivity index (χ4n) is 4.48. The van der Waals surface area contributed by atoms with Crippen molar-refractivity contribution in [3.63, 3.8) is 0 Å². The molecule has 0 radical (unpaired) electrons. The normalized spacial score (nSPS) is 14.5. The Hall–Kier alpha value is -3.27. The molecule has 4 aromatic rings. The van der Waals surface area contributed by atoms with E-state index in [1.54, 1.807) is 18.7 Å². The summed E-state index contributed by atoms with van der Waals surface area (Å²) in [5.74, 6) is 2.25. The topological polar surface area (TPSA) is 78.3 Å². The zero-order valence-corrected chi connectivity index (χ0v) is 24.7. The number of benzene rings is 3. The number of thioether (sulfide) groups is 1. The Bertz CT molecular complexity index is 1560. The predicted octanol–water partition coefficient (Wildman–Crippen LogP) is 7.45. The maximum Gasteiger partial charge on any atom is 0.227 e. The Morgan fingerprint density at radius 2 is 1.90 bits per heavy atom. The van der Waals surface area contributed by atoms with Crippen LogP contribution in [0.5, 0.6) is 11.5 Å². The van der Waals surface area contributed by atoms with Crippen molar-refractivity contribution in [1.29, 1.82) is 0 Å². The van der Waals surface area contributed by atoms with Gasteiger partial charge in [0, 0.05) is 22.0 Å². The van der Waals surface area contributed by atoms with E-state index in [2.05, 4.69) is 21.2 Å². The fourth-order valence-corrected chi connectivity index (χ4v) is 6.17. The monoisotopic (exact) mass is 624 g/mol. The number of aromatic nitrogens is 3. The number of hydrogen-bond donors (Lipinski definition) is 1. The van der Waals surface area contributed by atoms with E-state index >= 15 is 0 Å². The van der Waals surface area contributed by atoms with E-state index in [1.165, 1.54) is 11.8 Å². The number of methoxy groups -OCH3 is 1. The minimum atomic E-state index is -0.505. The van der Waals surface area contributed by atoms with E-state index in [0.29, 0.717) is 50.0 Å². The highest BCUT2D eigenvalue weighted by Gasteiger charge is 2.34. The number of rotatable bonds is 9. The standard InChI is InChI=1S/C29H26BrClN4O3S/c1-17-25(18(2)36)26(35-28(32-17)33-29(34-35)39-16-20-11-7-8-12-23(20)31)21-13-22(30)27(24(14-21)37-3)38-15-19-9-5-4-6-10-19/h4-14,26H,15-16H2,1-3H3,(H,32,33,34). The van der Waals surface area contributed by atoms with Crippen LogP contribution >= 0.6 is 39.3 Å². The van der Waals surface area contributed by atoms with Crippen LogP contribution in [0.3, 0.4) is 0 Å². The third kappa shape index (κ3) is 5.85.